The molecule has 0 aromatic rings. The first-order valence-electron chi connectivity index (χ1n) is 5.50. The van der Waals surface area contributed by atoms with E-state index in [9.17, 15) is 62.3 Å². The largest absolute Gasteiger partial charge is 0.477 e. The van der Waals surface area contributed by atoms with Crippen LogP contribution in [0.25, 0.3) is 0 Å². The lowest BCUT2D eigenvalue weighted by Gasteiger charge is -2.43. The summed E-state index contributed by atoms with van der Waals surface area (Å²) in [6.07, 6.45) is 0. The summed E-state index contributed by atoms with van der Waals surface area (Å²) >= 11 is 7.42. The molecule has 0 aliphatic rings. The number of carbonyl (C=O) groups is 2. The van der Waals surface area contributed by atoms with Gasteiger partial charge in [-0.05, 0) is 0 Å². The van der Waals surface area contributed by atoms with Crippen LogP contribution in [-0.2, 0) is 9.59 Å². The van der Waals surface area contributed by atoms with Gasteiger partial charge in [-0.15, -0.1) is 0 Å². The maximum Gasteiger partial charge on any atom is 0.409 e. The van der Waals surface area contributed by atoms with Crippen LogP contribution in [0.1, 0.15) is 0 Å². The topological polar surface area (TPSA) is 74.6 Å². The van der Waals surface area contributed by atoms with E-state index in [1.54, 1.807) is 0 Å². The van der Waals surface area contributed by atoms with Crippen LogP contribution in [0.3, 0.4) is 0 Å². The van der Waals surface area contributed by atoms with Gasteiger partial charge >= 0.3 is 51.8 Å². The lowest BCUT2D eigenvalue weighted by Crippen LogP contribution is -2.73. The van der Waals surface area contributed by atoms with Crippen molar-refractivity contribution < 1.29 is 72.5 Å². The minimum Gasteiger partial charge on any atom is -0.477 e. The van der Waals surface area contributed by atoms with Gasteiger partial charge in [0.25, 0.3) is 0 Å². The number of halogens is 14. The highest BCUT2D eigenvalue weighted by atomic mass is 35.5. The molecule has 0 aromatic heterocycles. The van der Waals surface area contributed by atoms with E-state index in [4.69, 9.17) is 10.2 Å². The molecule has 0 radical (unpaired) electrons. The van der Waals surface area contributed by atoms with Crippen molar-refractivity contribution in [3.05, 3.63) is 0 Å². The molecule has 0 aliphatic carbocycles. The highest BCUT2D eigenvalue weighted by Crippen LogP contribution is 2.63. The number of carboxylic acids is 2. The molecule has 4 nitrogen and oxygen atoms in total. The van der Waals surface area contributed by atoms with Crippen LogP contribution < -0.4 is 0 Å². The Morgan fingerprint density at radius 2 is 0.704 bits per heavy atom. The van der Waals surface area contributed by atoms with E-state index in [2.05, 4.69) is 23.2 Å². The van der Waals surface area contributed by atoms with Crippen molar-refractivity contribution in [3.63, 3.8) is 0 Å². The molecule has 2 unspecified atom stereocenters. The predicted molar refractivity (Wildman–Crippen MR) is 59.4 cm³/mol. The third-order valence-corrected chi connectivity index (χ3v) is 3.85. The minimum atomic E-state index is -7.64. The average Bonchev–Trinajstić information content (AvgIpc) is 2.45. The summed E-state index contributed by atoms with van der Waals surface area (Å²) in [5, 5.41) is 1.23. The fourth-order valence-electron chi connectivity index (χ4n) is 1.25. The summed E-state index contributed by atoms with van der Waals surface area (Å²) in [6, 6.07) is 0. The van der Waals surface area contributed by atoms with E-state index in [1.165, 1.54) is 0 Å². The normalized spacial score (nSPS) is 19.2. The lowest BCUT2D eigenvalue weighted by molar-refractivity contribution is -0.340. The molecule has 0 fully saturated rings. The second-order valence-corrected chi connectivity index (χ2v) is 5.67. The number of hydrogen-bond acceptors (Lipinski definition) is 2. The number of hydrogen-bond donors (Lipinski definition) is 2. The Morgan fingerprint density at radius 3 is 0.852 bits per heavy atom. The van der Waals surface area contributed by atoms with Gasteiger partial charge in [0.2, 0.25) is 0 Å². The van der Waals surface area contributed by atoms with Gasteiger partial charge in [0.1, 0.15) is 0 Å². The Balaban J connectivity index is 6.70. The quantitative estimate of drug-likeness (QED) is 0.411. The van der Waals surface area contributed by atoms with Crippen molar-refractivity contribution in [3.8, 4) is 0 Å². The predicted octanol–water partition coefficient (Wildman–Crippen LogP) is 4.14. The Hall–Kier alpha value is -1.32. The van der Waals surface area contributed by atoms with Gasteiger partial charge in [0.05, 0.1) is 0 Å². The molecule has 18 heteroatoms. The first-order chi connectivity index (χ1) is 11.4. The fraction of sp³-hybridized carbons (Fsp3) is 0.778. The molecular weight excluding hydrogens is 471 g/mol. The molecule has 0 amide bonds. The second-order valence-electron chi connectivity index (χ2n) is 4.63. The monoisotopic (exact) mass is 472 g/mol. The van der Waals surface area contributed by atoms with Crippen molar-refractivity contribution in [2.24, 2.45) is 0 Å². The smallest absolute Gasteiger partial charge is 0.409 e. The van der Waals surface area contributed by atoms with E-state index >= 15 is 0 Å². The van der Waals surface area contributed by atoms with Gasteiger partial charge in [-0.1, -0.05) is 23.2 Å². The average molecular weight is 473 g/mol. The van der Waals surface area contributed by atoms with E-state index in [1.807, 2.05) is 0 Å². The van der Waals surface area contributed by atoms with Crippen molar-refractivity contribution in [1.29, 1.82) is 0 Å². The molecule has 0 spiro atoms. The Labute approximate surface area is 148 Å². The van der Waals surface area contributed by atoms with E-state index in [0.29, 0.717) is 0 Å². The van der Waals surface area contributed by atoms with Gasteiger partial charge in [0, 0.05) is 0 Å². The zero-order valence-electron chi connectivity index (χ0n) is 11.5. The highest BCUT2D eigenvalue weighted by Gasteiger charge is 2.92. The van der Waals surface area contributed by atoms with Gasteiger partial charge in [-0.25, -0.2) is 18.4 Å². The Bertz CT molecular complexity index is 580. The van der Waals surface area contributed by atoms with E-state index in [0.717, 1.165) is 0 Å². The zero-order chi connectivity index (χ0) is 22.7. The van der Waals surface area contributed by atoms with E-state index < -0.39 is 51.8 Å². The van der Waals surface area contributed by atoms with Gasteiger partial charge < -0.3 is 10.2 Å². The van der Waals surface area contributed by atoms with Gasteiger partial charge in [-0.3, -0.25) is 0 Å². The second kappa shape index (κ2) is 6.35. The first-order valence-corrected chi connectivity index (χ1v) is 6.26. The summed E-state index contributed by atoms with van der Waals surface area (Å²) in [5.41, 5.74) is 0. The Kier molecular flexibility index (Phi) is 6.04. The van der Waals surface area contributed by atoms with Crippen molar-refractivity contribution in [2.75, 3.05) is 0 Å². The van der Waals surface area contributed by atoms with Crippen LogP contribution in [0.2, 0.25) is 0 Å². The Morgan fingerprint density at radius 1 is 0.519 bits per heavy atom. The first kappa shape index (κ1) is 25.7. The molecule has 27 heavy (non-hydrogen) atoms. The summed E-state index contributed by atoms with van der Waals surface area (Å²) in [7, 11) is 0. The molecule has 0 rings (SSSR count). The molecule has 2 atom stereocenters. The summed E-state index contributed by atoms with van der Waals surface area (Å²) < 4.78 is 158. The molecule has 0 bridgehead atoms. The summed E-state index contributed by atoms with van der Waals surface area (Å²) in [6.45, 7) is 0. The van der Waals surface area contributed by atoms with Crippen LogP contribution >= 0.6 is 23.2 Å². The third kappa shape index (κ3) is 3.03. The van der Waals surface area contributed by atoms with Crippen LogP contribution in [0, 0.1) is 0 Å². The SMILES string of the molecule is O=C(O)C(F)(F)C(F)(F)C(F)(Cl)C(F)(F)C(F)(Cl)C(F)(F)C(F)(F)C(=O)O. The zero-order valence-corrected chi connectivity index (χ0v) is 13.0. The molecular formula is C9H2Cl2F12O4. The standard InChI is InChI=1S/C9H2Cl2F12O4/c10-5(16,7(18,19)3(12,13)1(24)25)9(22,23)6(11,17)8(20,21)4(14,15)2(26)27/h(H,24,25)(H,26,27). The molecule has 160 valence electrons. The minimum absolute atomic E-state index is 3.71. The summed E-state index contributed by atoms with van der Waals surface area (Å²) in [4.78, 5) is 19.9. The van der Waals surface area contributed by atoms with Crippen LogP contribution in [-0.4, -0.2) is 62.0 Å². The van der Waals surface area contributed by atoms with Crippen molar-refractivity contribution in [2.45, 2.75) is 39.9 Å². The lowest BCUT2D eigenvalue weighted by atomic mass is 9.91. The van der Waals surface area contributed by atoms with Crippen LogP contribution in [0.4, 0.5) is 52.7 Å². The van der Waals surface area contributed by atoms with Crippen molar-refractivity contribution >= 4 is 35.1 Å². The third-order valence-electron chi connectivity index (χ3n) is 2.90. The summed E-state index contributed by atoms with van der Waals surface area (Å²) in [5.74, 6) is -44.5. The van der Waals surface area contributed by atoms with Crippen LogP contribution in [0.5, 0.6) is 0 Å². The molecule has 0 saturated heterocycles. The molecule has 0 heterocycles. The molecule has 0 aliphatic heterocycles. The maximum absolute atomic E-state index is 13.6. The fourth-order valence-corrected chi connectivity index (χ4v) is 1.80. The number of alkyl halides is 14. The van der Waals surface area contributed by atoms with Gasteiger partial charge in [-0.2, -0.15) is 43.9 Å². The van der Waals surface area contributed by atoms with Crippen molar-refractivity contribution in [1.82, 2.24) is 0 Å². The molecule has 0 saturated carbocycles. The number of carboxylic acid groups (broad SMARTS) is 2. The highest BCUT2D eigenvalue weighted by molar-refractivity contribution is 6.28. The van der Waals surface area contributed by atoms with Crippen LogP contribution in [0.15, 0.2) is 0 Å². The molecule has 0 aromatic carbocycles. The van der Waals surface area contributed by atoms with E-state index in [-0.39, 0.29) is 0 Å². The maximum atomic E-state index is 13.6. The number of aliphatic carboxylic acids is 2. The molecule has 2 N–H and O–H groups in total. The van der Waals surface area contributed by atoms with Gasteiger partial charge in [0.15, 0.2) is 0 Å². The number of rotatable bonds is 8.